The molecule has 0 N–H and O–H groups in total. The van der Waals surface area contributed by atoms with Crippen molar-refractivity contribution in [2.24, 2.45) is 5.92 Å². The van der Waals surface area contributed by atoms with Gasteiger partial charge in [0, 0.05) is 13.1 Å². The van der Waals surface area contributed by atoms with Crippen LogP contribution in [0.3, 0.4) is 0 Å². The molecule has 150 valence electrons. The van der Waals surface area contributed by atoms with Crippen molar-refractivity contribution in [1.29, 1.82) is 0 Å². The summed E-state index contributed by atoms with van der Waals surface area (Å²) >= 11 is 1.36. The summed E-state index contributed by atoms with van der Waals surface area (Å²) < 4.78 is 1.69. The predicted molar refractivity (Wildman–Crippen MR) is 117 cm³/mol. The van der Waals surface area contributed by atoms with E-state index < -0.39 is 0 Å². The standard InChI is InChI=1S/C23H25N3O2S/c1-17-8-7-13-25(14-17)21(27)16-29-23-24-20-12-6-5-11-19(20)22(28)26(23)15-18-9-3-2-4-10-18/h2-6,9-12,17H,7-8,13-16H2,1H3. The van der Waals surface area contributed by atoms with Crippen molar-refractivity contribution < 1.29 is 4.79 Å². The number of thioether (sulfide) groups is 1. The molecule has 1 saturated heterocycles. The van der Waals surface area contributed by atoms with Crippen LogP contribution in [0.1, 0.15) is 25.3 Å². The van der Waals surface area contributed by atoms with Gasteiger partial charge >= 0.3 is 0 Å². The third-order valence-corrected chi connectivity index (χ3v) is 6.31. The molecule has 5 nitrogen and oxygen atoms in total. The fourth-order valence-electron chi connectivity index (χ4n) is 3.80. The van der Waals surface area contributed by atoms with Gasteiger partial charge in [0.25, 0.3) is 5.56 Å². The van der Waals surface area contributed by atoms with Gasteiger partial charge in [-0.3, -0.25) is 14.2 Å². The van der Waals surface area contributed by atoms with Crippen molar-refractivity contribution in [3.8, 4) is 0 Å². The third kappa shape index (κ3) is 4.53. The lowest BCUT2D eigenvalue weighted by molar-refractivity contribution is -0.130. The van der Waals surface area contributed by atoms with E-state index in [2.05, 4.69) is 6.92 Å². The predicted octanol–water partition coefficient (Wildman–Crippen LogP) is 3.80. The van der Waals surface area contributed by atoms with Crippen LogP contribution in [0.2, 0.25) is 0 Å². The summed E-state index contributed by atoms with van der Waals surface area (Å²) in [5.74, 6) is 0.967. The highest BCUT2D eigenvalue weighted by atomic mass is 32.2. The van der Waals surface area contributed by atoms with Crippen LogP contribution in [0.15, 0.2) is 64.5 Å². The molecule has 1 aliphatic rings. The molecular weight excluding hydrogens is 382 g/mol. The number of hydrogen-bond donors (Lipinski definition) is 0. The van der Waals surface area contributed by atoms with E-state index in [4.69, 9.17) is 4.98 Å². The minimum Gasteiger partial charge on any atom is -0.342 e. The second-order valence-corrected chi connectivity index (χ2v) is 8.61. The van der Waals surface area contributed by atoms with Gasteiger partial charge in [0.15, 0.2) is 5.16 Å². The Hall–Kier alpha value is -2.60. The van der Waals surface area contributed by atoms with Crippen LogP contribution >= 0.6 is 11.8 Å². The van der Waals surface area contributed by atoms with Crippen LogP contribution in [-0.4, -0.2) is 39.2 Å². The number of amides is 1. The molecule has 2 heterocycles. The van der Waals surface area contributed by atoms with Crippen LogP contribution in [0.25, 0.3) is 10.9 Å². The summed E-state index contributed by atoms with van der Waals surface area (Å²) in [4.78, 5) is 32.5. The number of para-hydroxylation sites is 1. The highest BCUT2D eigenvalue weighted by Gasteiger charge is 2.22. The second-order valence-electron chi connectivity index (χ2n) is 7.66. The maximum atomic E-state index is 13.2. The van der Waals surface area contributed by atoms with Crippen LogP contribution in [0, 0.1) is 5.92 Å². The molecule has 0 radical (unpaired) electrons. The van der Waals surface area contributed by atoms with E-state index in [0.717, 1.165) is 25.1 Å². The zero-order valence-electron chi connectivity index (χ0n) is 16.6. The number of aromatic nitrogens is 2. The van der Waals surface area contributed by atoms with Gasteiger partial charge in [-0.05, 0) is 36.5 Å². The Kier molecular flexibility index (Phi) is 6.00. The largest absolute Gasteiger partial charge is 0.342 e. The Labute approximate surface area is 174 Å². The van der Waals surface area contributed by atoms with Gasteiger partial charge in [0.05, 0.1) is 23.2 Å². The van der Waals surface area contributed by atoms with E-state index >= 15 is 0 Å². The number of nitrogens with zero attached hydrogens (tertiary/aromatic N) is 3. The molecule has 0 bridgehead atoms. The molecule has 2 aromatic carbocycles. The monoisotopic (exact) mass is 407 g/mol. The van der Waals surface area contributed by atoms with Crippen molar-refractivity contribution in [1.82, 2.24) is 14.5 Å². The van der Waals surface area contributed by atoms with Crippen molar-refractivity contribution in [2.45, 2.75) is 31.5 Å². The van der Waals surface area contributed by atoms with E-state index in [-0.39, 0.29) is 11.5 Å². The number of hydrogen-bond acceptors (Lipinski definition) is 4. The van der Waals surface area contributed by atoms with E-state index in [0.29, 0.717) is 34.3 Å². The second kappa shape index (κ2) is 8.82. The normalized spacial score (nSPS) is 16.9. The average Bonchev–Trinajstić information content (AvgIpc) is 2.75. The minimum absolute atomic E-state index is 0.0685. The maximum Gasteiger partial charge on any atom is 0.262 e. The molecule has 29 heavy (non-hydrogen) atoms. The topological polar surface area (TPSA) is 55.2 Å². The van der Waals surface area contributed by atoms with Crippen molar-refractivity contribution in [3.05, 3.63) is 70.5 Å². The maximum absolute atomic E-state index is 13.2. The molecule has 1 unspecified atom stereocenters. The number of likely N-dealkylation sites (tertiary alicyclic amines) is 1. The zero-order chi connectivity index (χ0) is 20.2. The molecule has 1 aliphatic heterocycles. The Morgan fingerprint density at radius 1 is 1.14 bits per heavy atom. The molecular formula is C23H25N3O2S. The molecule has 1 aromatic heterocycles. The Balaban J connectivity index is 1.62. The SMILES string of the molecule is CC1CCCN(C(=O)CSc2nc3ccccc3c(=O)n2Cc2ccccc2)C1. The van der Waals surface area contributed by atoms with Gasteiger partial charge in [-0.15, -0.1) is 0 Å². The molecule has 1 fully saturated rings. The van der Waals surface area contributed by atoms with E-state index in [1.807, 2.05) is 53.4 Å². The minimum atomic E-state index is -0.0685. The fraction of sp³-hybridized carbons (Fsp3) is 0.348. The number of piperidine rings is 1. The summed E-state index contributed by atoms with van der Waals surface area (Å²) in [6.07, 6.45) is 2.24. The first-order valence-corrected chi connectivity index (χ1v) is 11.0. The molecule has 3 aromatic rings. The fourth-order valence-corrected chi connectivity index (χ4v) is 4.70. The first-order chi connectivity index (χ1) is 14.1. The molecule has 0 aliphatic carbocycles. The van der Waals surface area contributed by atoms with Gasteiger partial charge in [0.2, 0.25) is 5.91 Å². The number of benzene rings is 2. The van der Waals surface area contributed by atoms with Crippen LogP contribution in [0.5, 0.6) is 0 Å². The van der Waals surface area contributed by atoms with Gasteiger partial charge in [0.1, 0.15) is 0 Å². The van der Waals surface area contributed by atoms with E-state index in [9.17, 15) is 9.59 Å². The van der Waals surface area contributed by atoms with E-state index in [1.54, 1.807) is 10.6 Å². The Morgan fingerprint density at radius 3 is 2.69 bits per heavy atom. The summed E-state index contributed by atoms with van der Waals surface area (Å²) in [6.45, 7) is 4.27. The number of fused-ring (bicyclic) bond motifs is 1. The van der Waals surface area contributed by atoms with Gasteiger partial charge in [-0.25, -0.2) is 4.98 Å². The Bertz CT molecular complexity index is 1060. The van der Waals surface area contributed by atoms with Crippen LogP contribution in [-0.2, 0) is 11.3 Å². The molecule has 4 rings (SSSR count). The molecule has 1 amide bonds. The van der Waals surface area contributed by atoms with Gasteiger partial charge < -0.3 is 4.90 Å². The van der Waals surface area contributed by atoms with Crippen molar-refractivity contribution >= 4 is 28.6 Å². The molecule has 6 heteroatoms. The molecule has 0 saturated carbocycles. The first kappa shape index (κ1) is 19.7. The number of rotatable bonds is 5. The summed E-state index contributed by atoms with van der Waals surface area (Å²) in [6, 6.07) is 17.3. The van der Waals surface area contributed by atoms with Crippen molar-refractivity contribution in [2.75, 3.05) is 18.8 Å². The summed E-state index contributed by atoms with van der Waals surface area (Å²) in [7, 11) is 0. The summed E-state index contributed by atoms with van der Waals surface area (Å²) in [5.41, 5.74) is 1.63. The highest BCUT2D eigenvalue weighted by molar-refractivity contribution is 7.99. The average molecular weight is 408 g/mol. The lowest BCUT2D eigenvalue weighted by atomic mass is 10.0. The smallest absolute Gasteiger partial charge is 0.262 e. The third-order valence-electron chi connectivity index (χ3n) is 5.34. The van der Waals surface area contributed by atoms with E-state index in [1.165, 1.54) is 18.2 Å². The number of carbonyl (C=O) groups excluding carboxylic acids is 1. The number of carbonyl (C=O) groups is 1. The molecule has 0 spiro atoms. The first-order valence-electron chi connectivity index (χ1n) is 10.1. The zero-order valence-corrected chi connectivity index (χ0v) is 17.4. The lowest BCUT2D eigenvalue weighted by Crippen LogP contribution is -2.40. The summed E-state index contributed by atoms with van der Waals surface area (Å²) in [5, 5.41) is 1.19. The lowest BCUT2D eigenvalue weighted by Gasteiger charge is -2.30. The van der Waals surface area contributed by atoms with Gasteiger partial charge in [-0.1, -0.05) is 61.2 Å². The Morgan fingerprint density at radius 2 is 1.90 bits per heavy atom. The van der Waals surface area contributed by atoms with Gasteiger partial charge in [-0.2, -0.15) is 0 Å². The van der Waals surface area contributed by atoms with Crippen LogP contribution < -0.4 is 5.56 Å². The quantitative estimate of drug-likeness (QED) is 0.477. The van der Waals surface area contributed by atoms with Crippen molar-refractivity contribution in [3.63, 3.8) is 0 Å². The molecule has 1 atom stereocenters. The highest BCUT2D eigenvalue weighted by Crippen LogP contribution is 2.21. The van der Waals surface area contributed by atoms with Crippen LogP contribution in [0.4, 0.5) is 0 Å².